The van der Waals surface area contributed by atoms with Gasteiger partial charge in [0.05, 0.1) is 13.2 Å². The highest BCUT2D eigenvalue weighted by molar-refractivity contribution is 7.80. The summed E-state index contributed by atoms with van der Waals surface area (Å²) in [5, 5.41) is 9.55. The van der Waals surface area contributed by atoms with Crippen LogP contribution in [0.1, 0.15) is 29.3 Å². The van der Waals surface area contributed by atoms with E-state index < -0.39 is 0 Å². The van der Waals surface area contributed by atoms with Gasteiger partial charge in [0.2, 0.25) is 0 Å². The first kappa shape index (κ1) is 18.2. The Labute approximate surface area is 159 Å². The van der Waals surface area contributed by atoms with Gasteiger partial charge in [0.25, 0.3) is 0 Å². The smallest absolute Gasteiger partial charge is 0.166 e. The van der Waals surface area contributed by atoms with Crippen molar-refractivity contribution < 1.29 is 4.74 Å². The van der Waals surface area contributed by atoms with Gasteiger partial charge in [-0.1, -0.05) is 18.2 Å². The molecule has 1 aliphatic heterocycles. The number of hydrogen-bond donors (Lipinski definition) is 2. The van der Waals surface area contributed by atoms with Crippen LogP contribution in [-0.2, 0) is 6.54 Å². The molecule has 2 N–H and O–H groups in total. The molecule has 3 rings (SSSR count). The lowest BCUT2D eigenvalue weighted by Crippen LogP contribution is -2.41. The Morgan fingerprint density at radius 3 is 2.60 bits per heavy atom. The molecule has 25 heavy (non-hydrogen) atoms. The molecule has 1 aliphatic rings. The monoisotopic (exact) mass is 375 g/mol. The molecule has 0 amide bonds. The van der Waals surface area contributed by atoms with Gasteiger partial charge in [-0.05, 0) is 67.3 Å². The minimum absolute atomic E-state index is 0.406. The van der Waals surface area contributed by atoms with E-state index in [2.05, 4.69) is 33.0 Å². The van der Waals surface area contributed by atoms with Crippen LogP contribution in [0.2, 0.25) is 0 Å². The molecule has 0 spiro atoms. The summed E-state index contributed by atoms with van der Waals surface area (Å²) in [5.41, 5.74) is 1.18. The van der Waals surface area contributed by atoms with Gasteiger partial charge in [-0.2, -0.15) is 0 Å². The molecule has 0 bridgehead atoms. The minimum Gasteiger partial charge on any atom is -0.497 e. The molecule has 0 radical (unpaired) electrons. The normalized spacial score (nSPS) is 15.7. The zero-order valence-electron chi connectivity index (χ0n) is 14.5. The van der Waals surface area contributed by atoms with Crippen LogP contribution in [-0.4, -0.2) is 36.8 Å². The molecule has 4 nitrogen and oxygen atoms in total. The number of likely N-dealkylation sites (tertiary alicyclic amines) is 1. The predicted molar refractivity (Wildman–Crippen MR) is 108 cm³/mol. The second-order valence-electron chi connectivity index (χ2n) is 6.19. The number of nitrogens with one attached hydrogen (secondary N) is 2. The van der Waals surface area contributed by atoms with Crippen molar-refractivity contribution in [2.75, 3.05) is 26.7 Å². The number of methoxy groups -OCH3 is 1. The van der Waals surface area contributed by atoms with E-state index in [9.17, 15) is 0 Å². The molecular formula is C19H25N3OS2. The highest BCUT2D eigenvalue weighted by Gasteiger charge is 2.24. The van der Waals surface area contributed by atoms with Crippen molar-refractivity contribution in [3.8, 4) is 5.75 Å². The van der Waals surface area contributed by atoms with Gasteiger partial charge >= 0.3 is 0 Å². The van der Waals surface area contributed by atoms with Crippen molar-refractivity contribution in [1.29, 1.82) is 0 Å². The lowest BCUT2D eigenvalue weighted by molar-refractivity contribution is 0.249. The first-order valence-electron chi connectivity index (χ1n) is 8.68. The van der Waals surface area contributed by atoms with E-state index in [0.29, 0.717) is 17.7 Å². The summed E-state index contributed by atoms with van der Waals surface area (Å²) >= 11 is 7.29. The highest BCUT2D eigenvalue weighted by Crippen LogP contribution is 2.27. The number of nitrogens with zero attached hydrogens (tertiary/aromatic N) is 1. The molecule has 1 aromatic heterocycles. The average molecular weight is 376 g/mol. The van der Waals surface area contributed by atoms with Gasteiger partial charge in [0.1, 0.15) is 5.75 Å². The van der Waals surface area contributed by atoms with E-state index in [-0.39, 0.29) is 0 Å². The van der Waals surface area contributed by atoms with Crippen molar-refractivity contribution >= 4 is 28.7 Å². The largest absolute Gasteiger partial charge is 0.497 e. The topological polar surface area (TPSA) is 36.5 Å². The maximum atomic E-state index is 5.46. The lowest BCUT2D eigenvalue weighted by atomic mass is 10.2. The summed E-state index contributed by atoms with van der Waals surface area (Å²) in [6, 6.07) is 12.8. The first-order chi connectivity index (χ1) is 12.3. The molecule has 0 aliphatic carbocycles. The van der Waals surface area contributed by atoms with E-state index in [4.69, 9.17) is 17.0 Å². The summed E-state index contributed by atoms with van der Waals surface area (Å²) in [7, 11) is 1.68. The zero-order valence-corrected chi connectivity index (χ0v) is 16.2. The van der Waals surface area contributed by atoms with Crippen LogP contribution in [0.5, 0.6) is 5.75 Å². The fourth-order valence-corrected chi connectivity index (χ4v) is 4.14. The minimum atomic E-state index is 0.406. The molecule has 0 unspecified atom stereocenters. The third-order valence-electron chi connectivity index (χ3n) is 4.52. The van der Waals surface area contributed by atoms with Gasteiger partial charge in [0.15, 0.2) is 5.11 Å². The van der Waals surface area contributed by atoms with Crippen LogP contribution in [0, 0.1) is 0 Å². The number of ether oxygens (including phenoxy) is 1. The van der Waals surface area contributed by atoms with E-state index >= 15 is 0 Å². The molecule has 6 heteroatoms. The Kier molecular flexibility index (Phi) is 6.67. The molecule has 0 saturated carbocycles. The van der Waals surface area contributed by atoms with Crippen LogP contribution in [0.25, 0.3) is 0 Å². The van der Waals surface area contributed by atoms with Gasteiger partial charge < -0.3 is 15.4 Å². The number of rotatable bonds is 7. The highest BCUT2D eigenvalue weighted by atomic mass is 32.1. The Morgan fingerprint density at radius 1 is 1.20 bits per heavy atom. The van der Waals surface area contributed by atoms with E-state index in [1.165, 1.54) is 36.4 Å². The number of thiocarbonyl (C=S) groups is 1. The summed E-state index contributed by atoms with van der Waals surface area (Å²) < 4.78 is 5.18. The maximum Gasteiger partial charge on any atom is 0.166 e. The lowest BCUT2D eigenvalue weighted by Gasteiger charge is -2.27. The number of benzene rings is 1. The first-order valence-corrected chi connectivity index (χ1v) is 9.97. The van der Waals surface area contributed by atoms with Gasteiger partial charge in [-0.25, -0.2) is 0 Å². The van der Waals surface area contributed by atoms with Crippen molar-refractivity contribution in [3.63, 3.8) is 0 Å². The van der Waals surface area contributed by atoms with Crippen molar-refractivity contribution in [2.24, 2.45) is 0 Å². The van der Waals surface area contributed by atoms with Crippen LogP contribution < -0.4 is 15.4 Å². The standard InChI is InChI=1S/C19H25N3OS2/c1-23-16-8-6-15(7-9-16)13-20-19(24)21-14-17(18-5-4-12-25-18)22-10-2-3-11-22/h4-9,12,17H,2-3,10-11,13-14H2,1H3,(H2,20,21,24)/t17-/m1/s1. The predicted octanol–water partition coefficient (Wildman–Crippen LogP) is 3.56. The fraction of sp³-hybridized carbons (Fsp3) is 0.421. The van der Waals surface area contributed by atoms with E-state index in [0.717, 1.165) is 12.3 Å². The Balaban J connectivity index is 1.49. The third-order valence-corrected chi connectivity index (χ3v) is 5.78. The molecule has 2 aromatic rings. The molecule has 2 heterocycles. The maximum absolute atomic E-state index is 5.46. The van der Waals surface area contributed by atoms with E-state index in [1.54, 1.807) is 7.11 Å². The summed E-state index contributed by atoms with van der Waals surface area (Å²) in [6.07, 6.45) is 2.59. The van der Waals surface area contributed by atoms with Crippen molar-refractivity contribution in [2.45, 2.75) is 25.4 Å². The Hall–Kier alpha value is -1.63. The van der Waals surface area contributed by atoms with Crippen LogP contribution >= 0.6 is 23.6 Å². The quantitative estimate of drug-likeness (QED) is 0.724. The zero-order chi connectivity index (χ0) is 17.5. The van der Waals surface area contributed by atoms with Gasteiger partial charge in [0, 0.05) is 18.0 Å². The SMILES string of the molecule is COc1ccc(CNC(=S)NC[C@H](c2cccs2)N2CCCC2)cc1. The fourth-order valence-electron chi connectivity index (χ4n) is 3.12. The Bertz CT molecular complexity index is 652. The molecule has 1 aromatic carbocycles. The average Bonchev–Trinajstić information content (AvgIpc) is 3.35. The summed E-state index contributed by atoms with van der Waals surface area (Å²) in [5.74, 6) is 0.869. The molecular weight excluding hydrogens is 350 g/mol. The number of hydrogen-bond acceptors (Lipinski definition) is 4. The third kappa shape index (κ3) is 5.17. The molecule has 1 saturated heterocycles. The van der Waals surface area contributed by atoms with Crippen molar-refractivity contribution in [3.05, 3.63) is 52.2 Å². The summed E-state index contributed by atoms with van der Waals surface area (Å²) in [4.78, 5) is 3.97. The van der Waals surface area contributed by atoms with Crippen LogP contribution in [0.4, 0.5) is 0 Å². The summed E-state index contributed by atoms with van der Waals surface area (Å²) in [6.45, 7) is 3.91. The molecule has 1 fully saturated rings. The van der Waals surface area contributed by atoms with Crippen LogP contribution in [0.3, 0.4) is 0 Å². The van der Waals surface area contributed by atoms with Gasteiger partial charge in [-0.15, -0.1) is 11.3 Å². The molecule has 134 valence electrons. The van der Waals surface area contributed by atoms with Gasteiger partial charge in [-0.3, -0.25) is 4.90 Å². The Morgan fingerprint density at radius 2 is 1.96 bits per heavy atom. The number of thiophene rings is 1. The van der Waals surface area contributed by atoms with E-state index in [1.807, 2.05) is 35.6 Å². The second kappa shape index (κ2) is 9.17. The van der Waals surface area contributed by atoms with Crippen molar-refractivity contribution in [1.82, 2.24) is 15.5 Å². The molecule has 1 atom stereocenters. The van der Waals surface area contributed by atoms with Crippen LogP contribution in [0.15, 0.2) is 41.8 Å². The second-order valence-corrected chi connectivity index (χ2v) is 7.57.